The van der Waals surface area contributed by atoms with Crippen LogP contribution in [0.4, 0.5) is 5.69 Å². The molecule has 0 unspecified atom stereocenters. The van der Waals surface area contributed by atoms with Crippen molar-refractivity contribution in [2.24, 2.45) is 0 Å². The fraction of sp³-hybridized carbons (Fsp3) is 0.310. The Morgan fingerprint density at radius 1 is 0.667 bits per heavy atom. The van der Waals surface area contributed by atoms with Crippen LogP contribution in [-0.4, -0.2) is 18.1 Å². The van der Waals surface area contributed by atoms with Gasteiger partial charge in [0, 0.05) is 38.7 Å². The molecule has 4 heteroatoms. The number of anilines is 1. The van der Waals surface area contributed by atoms with Gasteiger partial charge in [0.1, 0.15) is 0 Å². The monoisotopic (exact) mass is 457 g/mol. The van der Waals surface area contributed by atoms with E-state index in [9.17, 15) is 9.59 Å². The van der Waals surface area contributed by atoms with Gasteiger partial charge in [-0.1, -0.05) is 99.7 Å². The first kappa shape index (κ1) is 23.3. The maximum atomic E-state index is 13.5. The van der Waals surface area contributed by atoms with Crippen LogP contribution in [0.15, 0.2) is 76.5 Å². The van der Waals surface area contributed by atoms with E-state index in [2.05, 4.69) is 12.2 Å². The van der Waals surface area contributed by atoms with Crippen LogP contribution in [0.1, 0.15) is 83.7 Å². The van der Waals surface area contributed by atoms with Crippen molar-refractivity contribution in [2.75, 3.05) is 11.9 Å². The van der Waals surface area contributed by atoms with E-state index < -0.39 is 0 Å². The first-order valence-electron chi connectivity index (χ1n) is 12.0. The third kappa shape index (κ3) is 5.39. The number of carbonyl (C=O) groups is 2. The van der Waals surface area contributed by atoms with E-state index in [1.165, 1.54) is 50.3 Å². The summed E-state index contributed by atoms with van der Waals surface area (Å²) < 4.78 is 0. The van der Waals surface area contributed by atoms with Crippen LogP contribution in [0.25, 0.3) is 0 Å². The van der Waals surface area contributed by atoms with Gasteiger partial charge in [-0.15, -0.1) is 0 Å². The van der Waals surface area contributed by atoms with Crippen molar-refractivity contribution in [1.82, 2.24) is 0 Å². The van der Waals surface area contributed by atoms with Crippen molar-refractivity contribution >= 4 is 29.0 Å². The van der Waals surface area contributed by atoms with Gasteiger partial charge in [-0.25, -0.2) is 0 Å². The quantitative estimate of drug-likeness (QED) is 0.234. The Morgan fingerprint density at radius 3 is 1.97 bits per heavy atom. The Bertz CT molecular complexity index is 1120. The zero-order valence-electron chi connectivity index (χ0n) is 19.2. The minimum Gasteiger partial charge on any atom is -0.384 e. The molecule has 170 valence electrons. The summed E-state index contributed by atoms with van der Waals surface area (Å²) in [6.45, 7) is 3.03. The van der Waals surface area contributed by atoms with E-state index in [0.717, 1.165) is 28.4 Å². The van der Waals surface area contributed by atoms with Gasteiger partial charge in [0.2, 0.25) is 0 Å². The average Bonchev–Trinajstić information content (AvgIpc) is 2.85. The largest absolute Gasteiger partial charge is 0.384 e. The number of hydrogen-bond acceptors (Lipinski definition) is 4. The molecule has 3 aromatic rings. The molecule has 3 aromatic carbocycles. The highest BCUT2D eigenvalue weighted by molar-refractivity contribution is 7.99. The number of carbonyl (C=O) groups excluding carboxylic acids is 2. The number of hydrogen-bond donors (Lipinski definition) is 1. The number of fused-ring (bicyclic) bond motifs is 2. The molecule has 0 radical (unpaired) electrons. The van der Waals surface area contributed by atoms with Crippen LogP contribution in [0.5, 0.6) is 0 Å². The van der Waals surface area contributed by atoms with Crippen molar-refractivity contribution in [3.05, 3.63) is 89.0 Å². The van der Waals surface area contributed by atoms with Gasteiger partial charge in [-0.3, -0.25) is 9.59 Å². The molecule has 4 rings (SSSR count). The molecular formula is C29H31NO2S. The van der Waals surface area contributed by atoms with E-state index in [4.69, 9.17) is 0 Å². The number of rotatable bonds is 11. The molecule has 0 bridgehead atoms. The minimum absolute atomic E-state index is 0.0711. The third-order valence-electron chi connectivity index (χ3n) is 6.10. The maximum Gasteiger partial charge on any atom is 0.196 e. The molecule has 0 spiro atoms. The Balaban J connectivity index is 1.57. The SMILES string of the molecule is CCCCCCCCCNc1ccc(Sc2ccccc2)c2c1C(=O)c1ccccc1C2=O. The molecule has 1 aliphatic rings. The number of nitrogens with one attached hydrogen (secondary N) is 1. The first-order valence-corrected chi connectivity index (χ1v) is 12.8. The Hall–Kier alpha value is -2.85. The van der Waals surface area contributed by atoms with E-state index >= 15 is 0 Å². The van der Waals surface area contributed by atoms with Crippen molar-refractivity contribution in [1.29, 1.82) is 0 Å². The third-order valence-corrected chi connectivity index (χ3v) is 7.17. The van der Waals surface area contributed by atoms with Crippen LogP contribution in [0.2, 0.25) is 0 Å². The first-order chi connectivity index (χ1) is 16.2. The Kier molecular flexibility index (Phi) is 8.01. The lowest BCUT2D eigenvalue weighted by Crippen LogP contribution is -2.23. The molecule has 0 heterocycles. The minimum atomic E-state index is -0.0715. The summed E-state index contributed by atoms with van der Waals surface area (Å²) in [5.41, 5.74) is 2.80. The second-order valence-electron chi connectivity index (χ2n) is 8.53. The van der Waals surface area contributed by atoms with E-state index in [-0.39, 0.29) is 11.6 Å². The fourth-order valence-electron chi connectivity index (χ4n) is 4.35. The van der Waals surface area contributed by atoms with Crippen LogP contribution in [0, 0.1) is 0 Å². The van der Waals surface area contributed by atoms with Gasteiger partial charge < -0.3 is 5.32 Å². The van der Waals surface area contributed by atoms with Gasteiger partial charge >= 0.3 is 0 Å². The van der Waals surface area contributed by atoms with Crippen LogP contribution in [-0.2, 0) is 0 Å². The van der Waals surface area contributed by atoms with Gasteiger partial charge in [0.05, 0.1) is 5.56 Å². The van der Waals surface area contributed by atoms with Crippen molar-refractivity contribution in [2.45, 2.75) is 61.7 Å². The van der Waals surface area contributed by atoms with Gasteiger partial charge in [-0.05, 0) is 30.7 Å². The number of ketones is 2. The molecule has 0 fully saturated rings. The molecular weight excluding hydrogens is 426 g/mol. The lowest BCUT2D eigenvalue weighted by Gasteiger charge is -2.23. The lowest BCUT2D eigenvalue weighted by atomic mass is 9.83. The smallest absolute Gasteiger partial charge is 0.196 e. The molecule has 3 nitrogen and oxygen atoms in total. The highest BCUT2D eigenvalue weighted by Gasteiger charge is 2.33. The molecule has 1 N–H and O–H groups in total. The molecule has 0 atom stereocenters. The van der Waals surface area contributed by atoms with E-state index in [1.54, 1.807) is 12.1 Å². The van der Waals surface area contributed by atoms with Crippen LogP contribution >= 0.6 is 11.8 Å². The molecule has 0 aliphatic heterocycles. The maximum absolute atomic E-state index is 13.5. The van der Waals surface area contributed by atoms with Gasteiger partial charge in [0.25, 0.3) is 0 Å². The topological polar surface area (TPSA) is 46.2 Å². The fourth-order valence-corrected chi connectivity index (χ4v) is 5.33. The summed E-state index contributed by atoms with van der Waals surface area (Å²) in [5, 5.41) is 3.47. The number of benzene rings is 3. The normalized spacial score (nSPS) is 12.4. The van der Waals surface area contributed by atoms with Gasteiger partial charge in [-0.2, -0.15) is 0 Å². The second-order valence-corrected chi connectivity index (χ2v) is 9.64. The molecule has 0 saturated carbocycles. The standard InChI is InChI=1S/C29H31NO2S/c1-2-3-4-5-6-7-13-20-30-24-18-19-25(33-21-14-9-8-10-15-21)27-26(24)28(31)22-16-11-12-17-23(22)29(27)32/h8-12,14-19,30H,2-7,13,20H2,1H3. The molecule has 0 aromatic heterocycles. The highest BCUT2D eigenvalue weighted by Crippen LogP contribution is 2.40. The Labute approximate surface area is 201 Å². The van der Waals surface area contributed by atoms with Crippen molar-refractivity contribution in [3.8, 4) is 0 Å². The summed E-state index contributed by atoms with van der Waals surface area (Å²) in [6, 6.07) is 21.1. The summed E-state index contributed by atoms with van der Waals surface area (Å²) in [6.07, 6.45) is 8.66. The predicted octanol–water partition coefficient (Wildman–Crippen LogP) is 7.78. The average molecular weight is 458 g/mol. The number of unbranched alkanes of at least 4 members (excludes halogenated alkanes) is 6. The summed E-state index contributed by atoms with van der Waals surface area (Å²) in [7, 11) is 0. The lowest BCUT2D eigenvalue weighted by molar-refractivity contribution is 0.0977. The molecule has 1 aliphatic carbocycles. The predicted molar refractivity (Wildman–Crippen MR) is 137 cm³/mol. The van der Waals surface area contributed by atoms with Crippen molar-refractivity contribution < 1.29 is 9.59 Å². The van der Waals surface area contributed by atoms with Gasteiger partial charge in [0.15, 0.2) is 11.6 Å². The Morgan fingerprint density at radius 2 is 1.27 bits per heavy atom. The zero-order chi connectivity index (χ0) is 23.0. The van der Waals surface area contributed by atoms with E-state index in [1.807, 2.05) is 54.6 Å². The second kappa shape index (κ2) is 11.3. The van der Waals surface area contributed by atoms with Crippen LogP contribution in [0.3, 0.4) is 0 Å². The molecule has 0 saturated heterocycles. The van der Waals surface area contributed by atoms with Crippen molar-refractivity contribution in [3.63, 3.8) is 0 Å². The zero-order valence-corrected chi connectivity index (χ0v) is 20.0. The summed E-state index contributed by atoms with van der Waals surface area (Å²) in [5.74, 6) is -0.143. The molecule has 33 heavy (non-hydrogen) atoms. The highest BCUT2D eigenvalue weighted by atomic mass is 32.2. The molecule has 0 amide bonds. The summed E-state index contributed by atoms with van der Waals surface area (Å²) >= 11 is 1.53. The summed E-state index contributed by atoms with van der Waals surface area (Å²) in [4.78, 5) is 28.9. The van der Waals surface area contributed by atoms with Crippen LogP contribution < -0.4 is 5.32 Å². The van der Waals surface area contributed by atoms with E-state index in [0.29, 0.717) is 22.3 Å².